The van der Waals surface area contributed by atoms with Crippen molar-refractivity contribution >= 4 is 23.4 Å². The van der Waals surface area contributed by atoms with Crippen molar-refractivity contribution in [2.45, 2.75) is 51.5 Å². The van der Waals surface area contributed by atoms with Crippen LogP contribution in [0.4, 0.5) is 13.2 Å². The molecule has 9 heteroatoms. The maximum atomic E-state index is 13.1. The second-order valence-corrected chi connectivity index (χ2v) is 9.72. The third-order valence-electron chi connectivity index (χ3n) is 6.30. The molecule has 0 saturated carbocycles. The Hall–Kier alpha value is -2.58. The Morgan fingerprint density at radius 1 is 1.11 bits per heavy atom. The second-order valence-electron chi connectivity index (χ2n) is 9.29. The van der Waals surface area contributed by atoms with E-state index in [0.29, 0.717) is 30.1 Å². The number of nitrogens with one attached hydrogen (secondary N) is 1. The zero-order valence-electron chi connectivity index (χ0n) is 20.1. The maximum absolute atomic E-state index is 13.1. The van der Waals surface area contributed by atoms with Crippen molar-refractivity contribution in [1.82, 2.24) is 15.1 Å². The number of likely N-dealkylation sites (tertiary alicyclic amines) is 1. The first-order valence-electron chi connectivity index (χ1n) is 11.7. The zero-order valence-corrected chi connectivity index (χ0v) is 20.9. The average molecular weight is 510 g/mol. The molecule has 0 spiro atoms. The van der Waals surface area contributed by atoms with Crippen molar-refractivity contribution in [3.05, 3.63) is 70.2 Å². The van der Waals surface area contributed by atoms with Crippen LogP contribution in [0, 0.1) is 5.92 Å². The van der Waals surface area contributed by atoms with Crippen LogP contribution < -0.4 is 5.32 Å². The summed E-state index contributed by atoms with van der Waals surface area (Å²) in [6, 6.07) is 11.4. The molecule has 0 aliphatic carbocycles. The normalized spacial score (nSPS) is 17.0. The van der Waals surface area contributed by atoms with Gasteiger partial charge >= 0.3 is 6.18 Å². The minimum atomic E-state index is -4.40. The number of hydrogen-bond acceptors (Lipinski definition) is 3. The van der Waals surface area contributed by atoms with Crippen LogP contribution in [0.1, 0.15) is 49.4 Å². The van der Waals surface area contributed by atoms with Crippen molar-refractivity contribution in [2.75, 3.05) is 20.1 Å². The summed E-state index contributed by atoms with van der Waals surface area (Å²) in [5, 5.41) is 3.82. The van der Waals surface area contributed by atoms with Crippen molar-refractivity contribution in [3.63, 3.8) is 0 Å². The van der Waals surface area contributed by atoms with Gasteiger partial charge in [0.15, 0.2) is 0 Å². The molecule has 0 bridgehead atoms. The van der Waals surface area contributed by atoms with Gasteiger partial charge in [0.05, 0.1) is 12.1 Å². The van der Waals surface area contributed by atoms with E-state index < -0.39 is 17.8 Å². The molecule has 2 amide bonds. The van der Waals surface area contributed by atoms with E-state index in [0.717, 1.165) is 24.1 Å². The Bertz CT molecular complexity index is 1010. The van der Waals surface area contributed by atoms with E-state index >= 15 is 0 Å². The van der Waals surface area contributed by atoms with E-state index in [2.05, 4.69) is 5.32 Å². The molecule has 2 aromatic rings. The first-order chi connectivity index (χ1) is 16.5. The van der Waals surface area contributed by atoms with Crippen molar-refractivity contribution in [1.29, 1.82) is 0 Å². The molecule has 1 fully saturated rings. The summed E-state index contributed by atoms with van der Waals surface area (Å²) in [5.74, 6) is -0.270. The molecule has 1 N–H and O–H groups in total. The van der Waals surface area contributed by atoms with Crippen LogP contribution in [0.5, 0.6) is 0 Å². The number of nitrogens with zero attached hydrogens (tertiary/aromatic N) is 2. The summed E-state index contributed by atoms with van der Waals surface area (Å²) in [5.41, 5.74) is 0.914. The fraction of sp³-hybridized carbons (Fsp3) is 0.462. The van der Waals surface area contributed by atoms with E-state index in [1.54, 1.807) is 29.0 Å². The summed E-state index contributed by atoms with van der Waals surface area (Å²) in [4.78, 5) is 29.4. The molecule has 5 nitrogen and oxygen atoms in total. The highest BCUT2D eigenvalue weighted by atomic mass is 35.5. The molecule has 3 rings (SSSR count). The highest BCUT2D eigenvalue weighted by Gasteiger charge is 2.36. The van der Waals surface area contributed by atoms with Crippen LogP contribution >= 0.6 is 11.6 Å². The molecular weight excluding hydrogens is 479 g/mol. The van der Waals surface area contributed by atoms with Gasteiger partial charge in [0.1, 0.15) is 6.04 Å². The van der Waals surface area contributed by atoms with Crippen molar-refractivity contribution in [2.24, 2.45) is 5.92 Å². The van der Waals surface area contributed by atoms with Gasteiger partial charge in [-0.25, -0.2) is 0 Å². The predicted octanol–water partition coefficient (Wildman–Crippen LogP) is 5.30. The lowest BCUT2D eigenvalue weighted by atomic mass is 9.95. The number of hydrogen-bond donors (Lipinski definition) is 1. The number of carbonyl (C=O) groups is 2. The topological polar surface area (TPSA) is 52.7 Å². The lowest BCUT2D eigenvalue weighted by Crippen LogP contribution is -2.49. The number of alkyl halides is 3. The van der Waals surface area contributed by atoms with Crippen LogP contribution in [-0.2, 0) is 22.3 Å². The lowest BCUT2D eigenvalue weighted by molar-refractivity contribution is -0.143. The number of rotatable bonds is 8. The Labute approximate surface area is 209 Å². The highest BCUT2D eigenvalue weighted by molar-refractivity contribution is 6.30. The SMILES string of the molecule is CC(C)[C@H](NCC(=O)N1CCC[C@@H]1C(=O)N(C)Cc1ccc(Cl)cc1)c1ccc(C(F)(F)F)cc1. The molecule has 2 atom stereocenters. The Morgan fingerprint density at radius 3 is 2.31 bits per heavy atom. The van der Waals surface area contributed by atoms with Crippen LogP contribution in [0.3, 0.4) is 0 Å². The largest absolute Gasteiger partial charge is 0.416 e. The molecule has 1 aliphatic heterocycles. The molecule has 2 aromatic carbocycles. The summed E-state index contributed by atoms with van der Waals surface area (Å²) >= 11 is 5.93. The van der Waals surface area contributed by atoms with Gasteiger partial charge in [-0.05, 0) is 54.2 Å². The Morgan fingerprint density at radius 2 is 1.74 bits per heavy atom. The quantitative estimate of drug-likeness (QED) is 0.525. The van der Waals surface area contributed by atoms with Gasteiger partial charge in [0.2, 0.25) is 11.8 Å². The lowest BCUT2D eigenvalue weighted by Gasteiger charge is -2.29. The van der Waals surface area contributed by atoms with E-state index in [1.165, 1.54) is 12.1 Å². The maximum Gasteiger partial charge on any atom is 0.416 e. The standard InChI is InChI=1S/C26H31ClF3N3O2/c1-17(2)24(19-8-10-20(11-9-19)26(28,29)30)31-15-23(34)33-14-4-5-22(33)25(35)32(3)16-18-6-12-21(27)13-7-18/h6-13,17,22,24,31H,4-5,14-16H2,1-3H3/t22-,24+/m1/s1. The van der Waals surface area contributed by atoms with E-state index in [9.17, 15) is 22.8 Å². The van der Waals surface area contributed by atoms with Crippen LogP contribution in [0.25, 0.3) is 0 Å². The Balaban J connectivity index is 1.62. The fourth-order valence-corrected chi connectivity index (χ4v) is 4.56. The number of carbonyl (C=O) groups excluding carboxylic acids is 2. The molecule has 190 valence electrons. The molecule has 0 aromatic heterocycles. The third kappa shape index (κ3) is 6.98. The Kier molecular flexibility index (Phi) is 8.83. The summed E-state index contributed by atoms with van der Waals surface area (Å²) < 4.78 is 38.7. The van der Waals surface area contributed by atoms with Crippen molar-refractivity contribution < 1.29 is 22.8 Å². The van der Waals surface area contributed by atoms with Gasteiger partial charge in [-0.1, -0.05) is 49.7 Å². The molecule has 1 saturated heterocycles. The van der Waals surface area contributed by atoms with Gasteiger partial charge in [0, 0.05) is 31.2 Å². The third-order valence-corrected chi connectivity index (χ3v) is 6.56. The molecule has 1 aliphatic rings. The number of halogens is 4. The van der Waals surface area contributed by atoms with Gasteiger partial charge < -0.3 is 15.1 Å². The van der Waals surface area contributed by atoms with Gasteiger partial charge in [-0.3, -0.25) is 9.59 Å². The van der Waals surface area contributed by atoms with Gasteiger partial charge in [-0.15, -0.1) is 0 Å². The van der Waals surface area contributed by atoms with Crippen LogP contribution in [-0.4, -0.2) is 47.8 Å². The number of benzene rings is 2. The minimum absolute atomic E-state index is 0.00541. The zero-order chi connectivity index (χ0) is 25.8. The van der Waals surface area contributed by atoms with E-state index in [1.807, 2.05) is 26.0 Å². The monoisotopic (exact) mass is 509 g/mol. The molecular formula is C26H31ClF3N3O2. The summed E-state index contributed by atoms with van der Waals surface area (Å²) in [7, 11) is 1.72. The average Bonchev–Trinajstić information content (AvgIpc) is 3.29. The van der Waals surface area contributed by atoms with Crippen molar-refractivity contribution in [3.8, 4) is 0 Å². The molecule has 0 radical (unpaired) electrons. The van der Waals surface area contributed by atoms with Gasteiger partial charge in [0.25, 0.3) is 0 Å². The summed E-state index contributed by atoms with van der Waals surface area (Å²) in [6.07, 6.45) is -3.06. The molecule has 35 heavy (non-hydrogen) atoms. The van der Waals surface area contributed by atoms with E-state index in [-0.39, 0.29) is 30.3 Å². The number of likely N-dealkylation sites (N-methyl/N-ethyl adjacent to an activating group) is 1. The second kappa shape index (κ2) is 11.4. The highest BCUT2D eigenvalue weighted by Crippen LogP contribution is 2.31. The minimum Gasteiger partial charge on any atom is -0.340 e. The van der Waals surface area contributed by atoms with E-state index in [4.69, 9.17) is 11.6 Å². The predicted molar refractivity (Wildman–Crippen MR) is 130 cm³/mol. The fourth-order valence-electron chi connectivity index (χ4n) is 4.43. The first-order valence-corrected chi connectivity index (χ1v) is 12.0. The number of amides is 2. The first kappa shape index (κ1) is 27.0. The smallest absolute Gasteiger partial charge is 0.340 e. The van der Waals surface area contributed by atoms with Crippen LogP contribution in [0.15, 0.2) is 48.5 Å². The molecule has 0 unspecified atom stereocenters. The molecule has 1 heterocycles. The van der Waals surface area contributed by atoms with Crippen LogP contribution in [0.2, 0.25) is 5.02 Å². The summed E-state index contributed by atoms with van der Waals surface area (Å²) in [6.45, 7) is 4.78. The van der Waals surface area contributed by atoms with Gasteiger partial charge in [-0.2, -0.15) is 13.2 Å².